The average Bonchev–Trinajstić information content (AvgIpc) is 2.49. The Kier molecular flexibility index (Phi) is 3.08. The maximum Gasteiger partial charge on any atom is 0.238 e. The first-order valence-electron chi connectivity index (χ1n) is 4.83. The number of sulfonamides is 1. The summed E-state index contributed by atoms with van der Waals surface area (Å²) in [5.41, 5.74) is 0.904. The van der Waals surface area contributed by atoms with Crippen molar-refractivity contribution in [2.24, 2.45) is 0 Å². The summed E-state index contributed by atoms with van der Waals surface area (Å²) < 4.78 is 25.1. The number of nitrogens with one attached hydrogen (secondary N) is 2. The molecular weight excluding hydrogens is 214 g/mol. The maximum atomic E-state index is 11.8. The highest BCUT2D eigenvalue weighted by Gasteiger charge is 2.29. The highest BCUT2D eigenvalue weighted by Crippen LogP contribution is 2.18. The molecule has 0 aliphatic rings. The van der Waals surface area contributed by atoms with Crippen LogP contribution in [0, 0.1) is 0 Å². The van der Waals surface area contributed by atoms with E-state index in [4.69, 9.17) is 0 Å². The fourth-order valence-electron chi connectivity index (χ4n) is 0.886. The van der Waals surface area contributed by atoms with Gasteiger partial charge >= 0.3 is 0 Å². The van der Waals surface area contributed by atoms with Gasteiger partial charge in [-0.3, -0.25) is 9.82 Å². The zero-order valence-electron chi connectivity index (χ0n) is 9.46. The number of H-pyrrole nitrogens is 1. The molecule has 1 aromatic rings. The predicted octanol–water partition coefficient (Wildman–Crippen LogP) is 1.51. The molecule has 0 aliphatic heterocycles. The molecule has 1 heterocycles. The van der Waals surface area contributed by atoms with Crippen LogP contribution in [0.2, 0.25) is 0 Å². The zero-order chi connectivity index (χ0) is 11.7. The molecule has 86 valence electrons. The third kappa shape index (κ3) is 2.71. The van der Waals surface area contributed by atoms with Gasteiger partial charge in [0.05, 0.1) is 4.75 Å². The van der Waals surface area contributed by atoms with E-state index in [2.05, 4.69) is 14.9 Å². The molecule has 0 bridgehead atoms. The first kappa shape index (κ1) is 12.0. The van der Waals surface area contributed by atoms with Crippen LogP contribution in [-0.4, -0.2) is 23.4 Å². The first-order chi connectivity index (χ1) is 6.76. The van der Waals surface area contributed by atoms with Crippen LogP contribution >= 0.6 is 0 Å². The minimum Gasteiger partial charge on any atom is -0.280 e. The lowest BCUT2D eigenvalue weighted by molar-refractivity contribution is 0.566. The molecule has 0 saturated carbocycles. The highest BCUT2D eigenvalue weighted by molar-refractivity contribution is 7.94. The van der Waals surface area contributed by atoms with E-state index >= 15 is 0 Å². The molecule has 0 aromatic carbocycles. The summed E-state index contributed by atoms with van der Waals surface area (Å²) in [4.78, 5) is 0. The van der Waals surface area contributed by atoms with E-state index in [0.29, 0.717) is 5.82 Å². The van der Waals surface area contributed by atoms with Crippen LogP contribution in [0.15, 0.2) is 6.07 Å². The maximum absolute atomic E-state index is 11.8. The third-order valence-electron chi connectivity index (χ3n) is 2.06. The van der Waals surface area contributed by atoms with Gasteiger partial charge in [-0.05, 0) is 27.2 Å². The van der Waals surface area contributed by atoms with Gasteiger partial charge in [0, 0.05) is 11.8 Å². The van der Waals surface area contributed by atoms with Gasteiger partial charge in [0.2, 0.25) is 10.0 Å². The smallest absolute Gasteiger partial charge is 0.238 e. The summed E-state index contributed by atoms with van der Waals surface area (Å²) in [7, 11) is -3.38. The Morgan fingerprint density at radius 2 is 2.07 bits per heavy atom. The largest absolute Gasteiger partial charge is 0.280 e. The Labute approximate surface area is 90.3 Å². The predicted molar refractivity (Wildman–Crippen MR) is 60.3 cm³/mol. The van der Waals surface area contributed by atoms with Gasteiger partial charge in [-0.1, -0.05) is 6.92 Å². The minimum absolute atomic E-state index is 0.349. The first-order valence-corrected chi connectivity index (χ1v) is 6.31. The van der Waals surface area contributed by atoms with E-state index < -0.39 is 14.8 Å². The average molecular weight is 231 g/mol. The van der Waals surface area contributed by atoms with Crippen molar-refractivity contribution in [3.05, 3.63) is 11.8 Å². The minimum atomic E-state index is -3.38. The van der Waals surface area contributed by atoms with E-state index in [9.17, 15) is 8.42 Å². The van der Waals surface area contributed by atoms with Crippen molar-refractivity contribution in [2.45, 2.75) is 38.9 Å². The van der Waals surface area contributed by atoms with Crippen LogP contribution in [0.1, 0.15) is 33.4 Å². The molecular formula is C9H17N3O2S. The number of aromatic amines is 1. The number of anilines is 1. The fourth-order valence-corrected chi connectivity index (χ4v) is 1.57. The number of nitrogens with zero attached hydrogens (tertiary/aromatic N) is 1. The molecule has 0 unspecified atom stereocenters. The van der Waals surface area contributed by atoms with E-state index in [-0.39, 0.29) is 0 Å². The van der Waals surface area contributed by atoms with E-state index in [1.165, 1.54) is 0 Å². The van der Waals surface area contributed by atoms with Crippen LogP contribution < -0.4 is 4.72 Å². The molecule has 5 nitrogen and oxygen atoms in total. The standard InChI is InChI=1S/C9H17N3O2S/c1-5-7-6-8(11-10-7)12-15(13,14)9(2,3)4/h6H,5H2,1-4H3,(H2,10,11,12). The molecule has 0 saturated heterocycles. The van der Waals surface area contributed by atoms with Gasteiger partial charge < -0.3 is 0 Å². The second-order valence-corrected chi connectivity index (χ2v) is 6.79. The Morgan fingerprint density at radius 3 is 2.47 bits per heavy atom. The van der Waals surface area contributed by atoms with Gasteiger partial charge in [0.15, 0.2) is 5.82 Å². The summed E-state index contributed by atoms with van der Waals surface area (Å²) in [6.45, 7) is 6.89. The molecule has 0 atom stereocenters. The van der Waals surface area contributed by atoms with Gasteiger partial charge in [0.1, 0.15) is 0 Å². The van der Waals surface area contributed by atoms with Crippen molar-refractivity contribution < 1.29 is 8.42 Å². The number of hydrogen-bond donors (Lipinski definition) is 2. The van der Waals surface area contributed by atoms with Crippen LogP contribution in [-0.2, 0) is 16.4 Å². The molecule has 0 amide bonds. The molecule has 15 heavy (non-hydrogen) atoms. The number of aryl methyl sites for hydroxylation is 1. The second-order valence-electron chi connectivity index (χ2n) is 4.35. The molecule has 0 radical (unpaired) electrons. The quantitative estimate of drug-likeness (QED) is 0.828. The monoisotopic (exact) mass is 231 g/mol. The van der Waals surface area contributed by atoms with E-state index in [1.807, 2.05) is 6.92 Å². The van der Waals surface area contributed by atoms with Gasteiger partial charge in [-0.25, -0.2) is 8.42 Å². The number of hydrogen-bond acceptors (Lipinski definition) is 3. The lowest BCUT2D eigenvalue weighted by Crippen LogP contribution is -2.33. The Bertz CT molecular complexity index is 428. The Hall–Kier alpha value is -1.04. The van der Waals surface area contributed by atoms with Gasteiger partial charge in [-0.15, -0.1) is 0 Å². The van der Waals surface area contributed by atoms with Crippen molar-refractivity contribution in [3.63, 3.8) is 0 Å². The second kappa shape index (κ2) is 3.84. The van der Waals surface area contributed by atoms with E-state index in [1.54, 1.807) is 26.8 Å². The summed E-state index contributed by atoms with van der Waals surface area (Å²) >= 11 is 0. The molecule has 0 spiro atoms. The van der Waals surface area contributed by atoms with Crippen molar-refractivity contribution in [1.29, 1.82) is 0 Å². The zero-order valence-corrected chi connectivity index (χ0v) is 10.3. The normalized spacial score (nSPS) is 12.8. The van der Waals surface area contributed by atoms with Crippen LogP contribution in [0.5, 0.6) is 0 Å². The highest BCUT2D eigenvalue weighted by atomic mass is 32.2. The molecule has 2 N–H and O–H groups in total. The molecule has 1 rings (SSSR count). The van der Waals surface area contributed by atoms with Crippen LogP contribution in [0.4, 0.5) is 5.82 Å². The number of rotatable bonds is 3. The molecule has 0 aliphatic carbocycles. The van der Waals surface area contributed by atoms with Crippen LogP contribution in [0.3, 0.4) is 0 Å². The van der Waals surface area contributed by atoms with Crippen molar-refractivity contribution in [2.75, 3.05) is 4.72 Å². The number of aromatic nitrogens is 2. The summed E-state index contributed by atoms with van der Waals surface area (Å²) in [6.07, 6.45) is 0.796. The summed E-state index contributed by atoms with van der Waals surface area (Å²) in [6, 6.07) is 1.70. The summed E-state index contributed by atoms with van der Waals surface area (Å²) in [5.74, 6) is 0.349. The molecule has 1 aromatic heterocycles. The fraction of sp³-hybridized carbons (Fsp3) is 0.667. The lowest BCUT2D eigenvalue weighted by atomic mass is 10.3. The van der Waals surface area contributed by atoms with Crippen molar-refractivity contribution in [3.8, 4) is 0 Å². The SMILES string of the molecule is CCc1cc(NS(=O)(=O)C(C)(C)C)n[nH]1. The van der Waals surface area contributed by atoms with Crippen molar-refractivity contribution in [1.82, 2.24) is 10.2 Å². The Balaban J connectivity index is 2.87. The van der Waals surface area contributed by atoms with Crippen molar-refractivity contribution >= 4 is 15.8 Å². The third-order valence-corrected chi connectivity index (χ3v) is 4.15. The lowest BCUT2D eigenvalue weighted by Gasteiger charge is -2.18. The molecule has 6 heteroatoms. The summed E-state index contributed by atoms with van der Waals surface area (Å²) in [5, 5.41) is 6.62. The van der Waals surface area contributed by atoms with Gasteiger partial charge in [-0.2, -0.15) is 5.10 Å². The van der Waals surface area contributed by atoms with E-state index in [0.717, 1.165) is 12.1 Å². The van der Waals surface area contributed by atoms with Crippen LogP contribution in [0.25, 0.3) is 0 Å². The Morgan fingerprint density at radius 1 is 1.47 bits per heavy atom. The van der Waals surface area contributed by atoms with Gasteiger partial charge in [0.25, 0.3) is 0 Å². The topological polar surface area (TPSA) is 74.8 Å². The molecule has 0 fully saturated rings.